The van der Waals surface area contributed by atoms with Gasteiger partial charge in [-0.1, -0.05) is 0 Å². The van der Waals surface area contributed by atoms with Gasteiger partial charge in [-0.15, -0.1) is 0 Å². The number of nitrogens with zero attached hydrogens (tertiary/aromatic N) is 2. The van der Waals surface area contributed by atoms with Crippen molar-refractivity contribution >= 4 is 11.8 Å². The number of aromatic nitrogens is 2. The van der Waals surface area contributed by atoms with Crippen LogP contribution < -0.4 is 10.6 Å². The lowest BCUT2D eigenvalue weighted by molar-refractivity contribution is 0.111. The number of anilines is 2. The summed E-state index contributed by atoms with van der Waals surface area (Å²) in [6, 6.07) is 0. The van der Waals surface area contributed by atoms with Crippen molar-refractivity contribution in [1.82, 2.24) is 9.97 Å². The second kappa shape index (κ2) is 6.65. The normalized spacial score (nSPS) is 23.1. The zero-order chi connectivity index (χ0) is 13.7. The van der Waals surface area contributed by atoms with E-state index in [-0.39, 0.29) is 11.9 Å². The van der Waals surface area contributed by atoms with Crippen molar-refractivity contribution in [3.05, 3.63) is 12.0 Å². The third-order valence-electron chi connectivity index (χ3n) is 3.45. The fraction of sp³-hybridized carbons (Fsp3) is 0.692. The first-order valence-corrected chi connectivity index (χ1v) is 6.87. The Hall–Kier alpha value is -1.43. The van der Waals surface area contributed by atoms with E-state index in [0.717, 1.165) is 25.7 Å². The van der Waals surface area contributed by atoms with E-state index in [1.165, 1.54) is 6.20 Å². The van der Waals surface area contributed by atoms with Crippen LogP contribution in [0.15, 0.2) is 6.20 Å². The van der Waals surface area contributed by atoms with Gasteiger partial charge in [0, 0.05) is 13.1 Å². The molecule has 2 rings (SSSR count). The third kappa shape index (κ3) is 4.02. The molecule has 1 fully saturated rings. The van der Waals surface area contributed by atoms with Gasteiger partial charge in [0.1, 0.15) is 0 Å². The molecular formula is C13H21FN4O. The van der Waals surface area contributed by atoms with Gasteiger partial charge in [0.2, 0.25) is 5.95 Å². The summed E-state index contributed by atoms with van der Waals surface area (Å²) in [6.07, 6.45) is 4.63. The number of hydrogen-bond acceptors (Lipinski definition) is 5. The van der Waals surface area contributed by atoms with Crippen molar-refractivity contribution in [2.24, 2.45) is 5.92 Å². The molecule has 0 aromatic carbocycles. The summed E-state index contributed by atoms with van der Waals surface area (Å²) in [7, 11) is 0. The highest BCUT2D eigenvalue weighted by Gasteiger charge is 2.19. The largest absolute Gasteiger partial charge is 0.393 e. The van der Waals surface area contributed by atoms with Gasteiger partial charge in [0.15, 0.2) is 11.6 Å². The Morgan fingerprint density at radius 2 is 2.05 bits per heavy atom. The van der Waals surface area contributed by atoms with E-state index in [9.17, 15) is 9.50 Å². The van der Waals surface area contributed by atoms with Crippen LogP contribution in [0.4, 0.5) is 16.2 Å². The smallest absolute Gasteiger partial charge is 0.224 e. The van der Waals surface area contributed by atoms with Crippen LogP contribution >= 0.6 is 0 Å². The van der Waals surface area contributed by atoms with Gasteiger partial charge in [0.05, 0.1) is 12.3 Å². The van der Waals surface area contributed by atoms with Crippen LogP contribution in [-0.2, 0) is 0 Å². The van der Waals surface area contributed by atoms with Crippen LogP contribution in [0.2, 0.25) is 0 Å². The summed E-state index contributed by atoms with van der Waals surface area (Å²) in [4.78, 5) is 7.97. The molecule has 0 amide bonds. The quantitative estimate of drug-likeness (QED) is 0.762. The molecule has 0 radical (unpaired) electrons. The van der Waals surface area contributed by atoms with Gasteiger partial charge in [-0.25, -0.2) is 9.37 Å². The molecule has 1 aromatic rings. The number of nitrogens with one attached hydrogen (secondary N) is 2. The van der Waals surface area contributed by atoms with Gasteiger partial charge < -0.3 is 15.7 Å². The Morgan fingerprint density at radius 3 is 2.74 bits per heavy atom. The molecule has 1 aliphatic rings. The summed E-state index contributed by atoms with van der Waals surface area (Å²) < 4.78 is 13.6. The maximum absolute atomic E-state index is 13.6. The van der Waals surface area contributed by atoms with Crippen LogP contribution in [0.3, 0.4) is 0 Å². The molecule has 1 aromatic heterocycles. The Kier molecular flexibility index (Phi) is 4.90. The van der Waals surface area contributed by atoms with Gasteiger partial charge in [-0.3, -0.25) is 0 Å². The molecule has 1 heterocycles. The standard InChI is InChI=1S/C13H21FN4O/c1-2-15-13-17-8-11(14)12(18-13)16-7-9-3-5-10(19)6-4-9/h8-10,19H,2-7H2,1H3,(H2,15,16,17,18). The lowest BCUT2D eigenvalue weighted by Crippen LogP contribution is -2.24. The first kappa shape index (κ1) is 14.0. The van der Waals surface area contributed by atoms with Crippen LogP contribution in [0, 0.1) is 11.7 Å². The van der Waals surface area contributed by atoms with Crippen LogP contribution in [0.1, 0.15) is 32.6 Å². The number of hydrogen-bond donors (Lipinski definition) is 3. The average Bonchev–Trinajstić information content (AvgIpc) is 2.41. The molecule has 0 atom stereocenters. The van der Waals surface area contributed by atoms with Crippen LogP contribution in [0.25, 0.3) is 0 Å². The Labute approximate surface area is 112 Å². The Balaban J connectivity index is 1.89. The minimum atomic E-state index is -0.433. The van der Waals surface area contributed by atoms with Gasteiger partial charge in [0.25, 0.3) is 0 Å². The predicted octanol–water partition coefficient (Wildman–Crippen LogP) is 2.01. The monoisotopic (exact) mass is 268 g/mol. The topological polar surface area (TPSA) is 70.1 Å². The zero-order valence-electron chi connectivity index (χ0n) is 11.2. The molecule has 0 aliphatic heterocycles. The lowest BCUT2D eigenvalue weighted by atomic mass is 9.87. The summed E-state index contributed by atoms with van der Waals surface area (Å²) in [5, 5.41) is 15.4. The first-order valence-electron chi connectivity index (χ1n) is 6.87. The third-order valence-corrected chi connectivity index (χ3v) is 3.45. The highest BCUT2D eigenvalue weighted by molar-refractivity contribution is 5.40. The maximum atomic E-state index is 13.6. The molecule has 19 heavy (non-hydrogen) atoms. The number of aliphatic hydroxyl groups is 1. The van der Waals surface area contributed by atoms with E-state index in [2.05, 4.69) is 20.6 Å². The summed E-state index contributed by atoms with van der Waals surface area (Å²) in [6.45, 7) is 3.32. The maximum Gasteiger partial charge on any atom is 0.224 e. The molecule has 6 heteroatoms. The van der Waals surface area contributed by atoms with Crippen LogP contribution in [-0.4, -0.2) is 34.3 Å². The van der Waals surface area contributed by atoms with Gasteiger partial charge >= 0.3 is 0 Å². The van der Waals surface area contributed by atoms with E-state index < -0.39 is 5.82 Å². The zero-order valence-corrected chi connectivity index (χ0v) is 11.2. The van der Waals surface area contributed by atoms with Gasteiger partial charge in [-0.2, -0.15) is 4.98 Å². The highest BCUT2D eigenvalue weighted by atomic mass is 19.1. The summed E-state index contributed by atoms with van der Waals surface area (Å²) in [5.74, 6) is 0.723. The molecule has 0 saturated heterocycles. The van der Waals surface area contributed by atoms with Crippen molar-refractivity contribution in [3.63, 3.8) is 0 Å². The van der Waals surface area contributed by atoms with E-state index >= 15 is 0 Å². The number of halogens is 1. The molecule has 1 aliphatic carbocycles. The number of rotatable bonds is 5. The van der Waals surface area contributed by atoms with E-state index in [4.69, 9.17) is 0 Å². The molecule has 5 nitrogen and oxygen atoms in total. The summed E-state index contributed by atoms with van der Waals surface area (Å²) in [5.41, 5.74) is 0. The minimum Gasteiger partial charge on any atom is -0.393 e. The van der Waals surface area contributed by atoms with E-state index in [0.29, 0.717) is 25.0 Å². The molecule has 106 valence electrons. The van der Waals surface area contributed by atoms with Gasteiger partial charge in [-0.05, 0) is 38.5 Å². The van der Waals surface area contributed by atoms with Crippen molar-refractivity contribution in [2.75, 3.05) is 23.7 Å². The van der Waals surface area contributed by atoms with E-state index in [1.54, 1.807) is 0 Å². The second-order valence-electron chi connectivity index (χ2n) is 4.98. The van der Waals surface area contributed by atoms with Crippen molar-refractivity contribution in [1.29, 1.82) is 0 Å². The molecule has 1 saturated carbocycles. The van der Waals surface area contributed by atoms with Crippen LogP contribution in [0.5, 0.6) is 0 Å². The van der Waals surface area contributed by atoms with E-state index in [1.807, 2.05) is 6.92 Å². The summed E-state index contributed by atoms with van der Waals surface area (Å²) >= 11 is 0. The van der Waals surface area contributed by atoms with Crippen molar-refractivity contribution in [2.45, 2.75) is 38.7 Å². The SMILES string of the molecule is CCNc1ncc(F)c(NCC2CCC(O)CC2)n1. The lowest BCUT2D eigenvalue weighted by Gasteiger charge is -2.25. The minimum absolute atomic E-state index is 0.160. The first-order chi connectivity index (χ1) is 9.19. The Bertz CT molecular complexity index is 408. The highest BCUT2D eigenvalue weighted by Crippen LogP contribution is 2.24. The second-order valence-corrected chi connectivity index (χ2v) is 4.98. The fourth-order valence-corrected chi connectivity index (χ4v) is 2.32. The molecular weight excluding hydrogens is 247 g/mol. The predicted molar refractivity (Wildman–Crippen MR) is 72.6 cm³/mol. The average molecular weight is 268 g/mol. The van der Waals surface area contributed by atoms with Crippen molar-refractivity contribution < 1.29 is 9.50 Å². The van der Waals surface area contributed by atoms with Crippen molar-refractivity contribution in [3.8, 4) is 0 Å². The molecule has 0 spiro atoms. The fourth-order valence-electron chi connectivity index (χ4n) is 2.32. The molecule has 3 N–H and O–H groups in total. The Morgan fingerprint density at radius 1 is 1.32 bits per heavy atom. The molecule has 0 unspecified atom stereocenters. The number of aliphatic hydroxyl groups excluding tert-OH is 1. The molecule has 0 bridgehead atoms.